The van der Waals surface area contributed by atoms with Crippen LogP contribution < -0.4 is 10.2 Å². The third kappa shape index (κ3) is 3.74. The predicted molar refractivity (Wildman–Crippen MR) is 99.1 cm³/mol. The smallest absolute Gasteiger partial charge is 0.229 e. The van der Waals surface area contributed by atoms with Gasteiger partial charge in [-0.15, -0.1) is 0 Å². The van der Waals surface area contributed by atoms with Crippen molar-refractivity contribution in [1.82, 2.24) is 0 Å². The van der Waals surface area contributed by atoms with Gasteiger partial charge in [-0.3, -0.25) is 9.59 Å². The largest absolute Gasteiger partial charge is 0.326 e. The summed E-state index contributed by atoms with van der Waals surface area (Å²) in [7, 11) is 0. The number of hydrogen-bond acceptors (Lipinski definition) is 2. The van der Waals surface area contributed by atoms with E-state index in [0.29, 0.717) is 12.2 Å². The summed E-state index contributed by atoms with van der Waals surface area (Å²) in [5.41, 5.74) is 3.39. The fourth-order valence-electron chi connectivity index (χ4n) is 3.02. The number of nitrogens with one attached hydrogen (secondary N) is 1. The van der Waals surface area contributed by atoms with Crippen LogP contribution in [-0.2, 0) is 9.59 Å². The summed E-state index contributed by atoms with van der Waals surface area (Å²) in [5.74, 6) is -1.10. The summed E-state index contributed by atoms with van der Waals surface area (Å²) < 4.78 is 14.1. The van der Waals surface area contributed by atoms with Gasteiger partial charge in [-0.1, -0.05) is 15.9 Å². The summed E-state index contributed by atoms with van der Waals surface area (Å²) in [4.78, 5) is 26.3. The van der Waals surface area contributed by atoms with E-state index in [0.717, 1.165) is 21.3 Å². The molecular weight excluding hydrogens is 387 g/mol. The Morgan fingerprint density at radius 3 is 2.40 bits per heavy atom. The number of carbonyl (C=O) groups is 2. The molecule has 0 spiro atoms. The Hall–Kier alpha value is -2.21. The monoisotopic (exact) mass is 404 g/mol. The van der Waals surface area contributed by atoms with E-state index in [1.807, 2.05) is 26.0 Å². The van der Waals surface area contributed by atoms with E-state index < -0.39 is 5.92 Å². The van der Waals surface area contributed by atoms with Gasteiger partial charge >= 0.3 is 0 Å². The highest BCUT2D eigenvalue weighted by Gasteiger charge is 2.35. The minimum atomic E-state index is -0.429. The van der Waals surface area contributed by atoms with Gasteiger partial charge in [-0.05, 0) is 61.4 Å². The van der Waals surface area contributed by atoms with E-state index in [2.05, 4.69) is 21.2 Å². The van der Waals surface area contributed by atoms with Crippen molar-refractivity contribution in [3.8, 4) is 0 Å². The van der Waals surface area contributed by atoms with Crippen LogP contribution in [-0.4, -0.2) is 18.4 Å². The zero-order valence-corrected chi connectivity index (χ0v) is 15.6. The van der Waals surface area contributed by atoms with Crippen LogP contribution >= 0.6 is 15.9 Å². The van der Waals surface area contributed by atoms with Crippen LogP contribution in [0.15, 0.2) is 40.9 Å². The summed E-state index contributed by atoms with van der Waals surface area (Å²) in [6.45, 7) is 4.22. The molecule has 25 heavy (non-hydrogen) atoms. The lowest BCUT2D eigenvalue weighted by atomic mass is 10.1. The molecule has 1 saturated heterocycles. The highest BCUT2D eigenvalue weighted by atomic mass is 79.9. The van der Waals surface area contributed by atoms with Crippen molar-refractivity contribution in [2.45, 2.75) is 20.3 Å². The SMILES string of the molecule is Cc1cc(NC(=O)[C@H]2CC(=O)N(c3ccc(F)cc3)C2)cc(C)c1Br. The average molecular weight is 405 g/mol. The molecule has 0 aromatic heterocycles. The topological polar surface area (TPSA) is 49.4 Å². The maximum atomic E-state index is 13.0. The fraction of sp³-hybridized carbons (Fsp3) is 0.263. The highest BCUT2D eigenvalue weighted by molar-refractivity contribution is 9.10. The molecule has 2 aromatic carbocycles. The van der Waals surface area contributed by atoms with E-state index in [9.17, 15) is 14.0 Å². The van der Waals surface area contributed by atoms with E-state index in [4.69, 9.17) is 0 Å². The van der Waals surface area contributed by atoms with Crippen molar-refractivity contribution in [1.29, 1.82) is 0 Å². The third-order valence-corrected chi connectivity index (χ3v) is 5.59. The van der Waals surface area contributed by atoms with Gasteiger partial charge in [0.05, 0.1) is 5.92 Å². The number of carbonyl (C=O) groups excluding carboxylic acids is 2. The predicted octanol–water partition coefficient (Wildman–Crippen LogP) is 4.20. The van der Waals surface area contributed by atoms with E-state index in [1.54, 1.807) is 12.1 Å². The van der Waals surface area contributed by atoms with Crippen LogP contribution in [0.2, 0.25) is 0 Å². The number of nitrogens with zero attached hydrogens (tertiary/aromatic N) is 1. The molecule has 1 fully saturated rings. The van der Waals surface area contributed by atoms with Crippen molar-refractivity contribution in [2.75, 3.05) is 16.8 Å². The van der Waals surface area contributed by atoms with Crippen molar-refractivity contribution in [2.24, 2.45) is 5.92 Å². The molecule has 1 aliphatic heterocycles. The first-order chi connectivity index (χ1) is 11.8. The van der Waals surface area contributed by atoms with Crippen LogP contribution in [0.4, 0.5) is 15.8 Å². The number of rotatable bonds is 3. The molecule has 1 aliphatic rings. The minimum absolute atomic E-state index is 0.130. The maximum absolute atomic E-state index is 13.0. The van der Waals surface area contributed by atoms with Gasteiger partial charge in [-0.25, -0.2) is 4.39 Å². The molecule has 130 valence electrons. The number of aryl methyl sites for hydroxylation is 2. The normalized spacial score (nSPS) is 17.0. The van der Waals surface area contributed by atoms with Gasteiger partial charge in [0.1, 0.15) is 5.82 Å². The maximum Gasteiger partial charge on any atom is 0.229 e. The van der Waals surface area contributed by atoms with Crippen molar-refractivity contribution >= 4 is 39.1 Å². The summed E-state index contributed by atoms with van der Waals surface area (Å²) in [6.07, 6.45) is 0.150. The van der Waals surface area contributed by atoms with Crippen LogP contribution in [0.3, 0.4) is 0 Å². The van der Waals surface area contributed by atoms with Crippen LogP contribution in [0.1, 0.15) is 17.5 Å². The molecule has 0 radical (unpaired) electrons. The first kappa shape index (κ1) is 17.6. The summed E-state index contributed by atoms with van der Waals surface area (Å²) >= 11 is 3.50. The van der Waals surface area contributed by atoms with Crippen LogP contribution in [0.25, 0.3) is 0 Å². The van der Waals surface area contributed by atoms with Crippen molar-refractivity contribution in [3.63, 3.8) is 0 Å². The van der Waals surface area contributed by atoms with Gasteiger partial charge in [0.2, 0.25) is 11.8 Å². The Bertz CT molecular complexity index is 813. The third-order valence-electron chi connectivity index (χ3n) is 4.34. The molecule has 1 atom stereocenters. The number of hydrogen-bond donors (Lipinski definition) is 1. The second kappa shape index (κ2) is 6.96. The number of amides is 2. The standard InChI is InChI=1S/C19H18BrFN2O2/c1-11-7-15(8-12(2)18(11)20)22-19(25)13-9-17(24)23(10-13)16-5-3-14(21)4-6-16/h3-8,13H,9-10H2,1-2H3,(H,22,25)/t13-/m0/s1. The van der Waals surface area contributed by atoms with Crippen molar-refractivity contribution < 1.29 is 14.0 Å². The molecule has 6 heteroatoms. The lowest BCUT2D eigenvalue weighted by molar-refractivity contribution is -0.122. The van der Waals surface area contributed by atoms with E-state index in [1.165, 1.54) is 17.0 Å². The second-order valence-corrected chi connectivity index (χ2v) is 7.09. The molecule has 0 saturated carbocycles. The molecular formula is C19H18BrFN2O2. The Labute approximate surface area is 154 Å². The average Bonchev–Trinajstić information content (AvgIpc) is 2.95. The Morgan fingerprint density at radius 2 is 1.80 bits per heavy atom. The molecule has 0 aliphatic carbocycles. The number of anilines is 2. The lowest BCUT2D eigenvalue weighted by Crippen LogP contribution is -2.28. The Kier molecular flexibility index (Phi) is 4.90. The number of halogens is 2. The lowest BCUT2D eigenvalue weighted by Gasteiger charge is -2.17. The second-order valence-electron chi connectivity index (χ2n) is 6.30. The Morgan fingerprint density at radius 1 is 1.20 bits per heavy atom. The van der Waals surface area contributed by atoms with E-state index >= 15 is 0 Å². The summed E-state index contributed by atoms with van der Waals surface area (Å²) in [6, 6.07) is 9.50. The molecule has 2 aromatic rings. The zero-order valence-electron chi connectivity index (χ0n) is 14.0. The van der Waals surface area contributed by atoms with E-state index in [-0.39, 0.29) is 24.1 Å². The molecule has 1 N–H and O–H groups in total. The molecule has 1 heterocycles. The highest BCUT2D eigenvalue weighted by Crippen LogP contribution is 2.28. The molecule has 0 unspecified atom stereocenters. The summed E-state index contributed by atoms with van der Waals surface area (Å²) in [5, 5.41) is 2.90. The first-order valence-corrected chi connectivity index (χ1v) is 8.78. The van der Waals surface area contributed by atoms with Crippen LogP contribution in [0, 0.1) is 25.6 Å². The van der Waals surface area contributed by atoms with Crippen molar-refractivity contribution in [3.05, 3.63) is 57.8 Å². The first-order valence-electron chi connectivity index (χ1n) is 7.98. The van der Waals surface area contributed by atoms with Gasteiger partial charge in [0, 0.05) is 28.8 Å². The van der Waals surface area contributed by atoms with Crippen LogP contribution in [0.5, 0.6) is 0 Å². The minimum Gasteiger partial charge on any atom is -0.326 e. The molecule has 3 rings (SSSR count). The van der Waals surface area contributed by atoms with Gasteiger partial charge in [-0.2, -0.15) is 0 Å². The van der Waals surface area contributed by atoms with Gasteiger partial charge < -0.3 is 10.2 Å². The zero-order chi connectivity index (χ0) is 18.1. The van der Waals surface area contributed by atoms with Gasteiger partial charge in [0.25, 0.3) is 0 Å². The molecule has 2 amide bonds. The molecule has 4 nitrogen and oxygen atoms in total. The Balaban J connectivity index is 1.71. The molecule has 0 bridgehead atoms. The fourth-order valence-corrected chi connectivity index (χ4v) is 3.25. The quantitative estimate of drug-likeness (QED) is 0.833. The van der Waals surface area contributed by atoms with Gasteiger partial charge in [0.15, 0.2) is 0 Å². The number of benzene rings is 2.